The van der Waals surface area contributed by atoms with Crippen molar-refractivity contribution in [2.45, 2.75) is 18.7 Å². The van der Waals surface area contributed by atoms with Gasteiger partial charge >= 0.3 is 0 Å². The summed E-state index contributed by atoms with van der Waals surface area (Å²) in [7, 11) is -3.40. The Morgan fingerprint density at radius 1 is 1.52 bits per heavy atom. The molecule has 1 saturated heterocycles. The molecule has 118 valence electrons. The van der Waals surface area contributed by atoms with E-state index in [9.17, 15) is 8.42 Å². The minimum atomic E-state index is -3.40. The van der Waals surface area contributed by atoms with Gasteiger partial charge in [0, 0.05) is 12.6 Å². The number of hydrogen-bond acceptors (Lipinski definition) is 7. The molecule has 21 heavy (non-hydrogen) atoms. The fourth-order valence-corrected chi connectivity index (χ4v) is 3.39. The Bertz CT molecular complexity index is 596. The summed E-state index contributed by atoms with van der Waals surface area (Å²) < 4.78 is 28.9. The zero-order chi connectivity index (χ0) is 15.5. The van der Waals surface area contributed by atoms with Gasteiger partial charge in [0.05, 0.1) is 43.1 Å². The average molecular weight is 336 g/mol. The molecule has 0 spiro atoms. The van der Waals surface area contributed by atoms with Crippen LogP contribution in [-0.2, 0) is 20.3 Å². The summed E-state index contributed by atoms with van der Waals surface area (Å²) in [5.41, 5.74) is 0.331. The van der Waals surface area contributed by atoms with Crippen molar-refractivity contribution in [1.29, 1.82) is 0 Å². The van der Waals surface area contributed by atoms with Crippen molar-refractivity contribution in [3.05, 3.63) is 17.0 Å². The number of nitrogens with zero attached hydrogens (tertiary/aromatic N) is 3. The summed E-state index contributed by atoms with van der Waals surface area (Å²) in [6, 6.07) is 1.76. The lowest BCUT2D eigenvalue weighted by molar-refractivity contribution is 0.0985. The second-order valence-electron chi connectivity index (χ2n) is 4.92. The third kappa shape index (κ3) is 4.50. The van der Waals surface area contributed by atoms with Gasteiger partial charge < -0.3 is 14.7 Å². The highest BCUT2D eigenvalue weighted by Crippen LogP contribution is 2.21. The number of sulfone groups is 1. The van der Waals surface area contributed by atoms with Crippen LogP contribution in [0, 0.1) is 0 Å². The highest BCUT2D eigenvalue weighted by Gasteiger charge is 2.22. The van der Waals surface area contributed by atoms with Crippen LogP contribution in [0.2, 0.25) is 5.28 Å². The summed E-state index contributed by atoms with van der Waals surface area (Å²) in [5.74, 6) is 0.0411. The molecule has 7 nitrogen and oxygen atoms in total. The molecule has 0 radical (unpaired) electrons. The molecule has 1 aliphatic rings. The largest absolute Gasteiger partial charge is 0.395 e. The van der Waals surface area contributed by atoms with E-state index in [4.69, 9.17) is 21.4 Å². The molecule has 0 amide bonds. The monoisotopic (exact) mass is 335 g/mol. The van der Waals surface area contributed by atoms with Crippen LogP contribution in [0.25, 0.3) is 0 Å². The van der Waals surface area contributed by atoms with E-state index < -0.39 is 16.4 Å². The van der Waals surface area contributed by atoms with Crippen LogP contribution in [0.15, 0.2) is 6.07 Å². The van der Waals surface area contributed by atoms with E-state index in [-0.39, 0.29) is 22.8 Å². The Hall–Kier alpha value is -0.960. The summed E-state index contributed by atoms with van der Waals surface area (Å²) in [6.07, 6.45) is 0. The van der Waals surface area contributed by atoms with Gasteiger partial charge in [-0.2, -0.15) is 0 Å². The van der Waals surface area contributed by atoms with Gasteiger partial charge in [0.1, 0.15) is 5.82 Å². The zero-order valence-corrected chi connectivity index (χ0v) is 13.3. The molecular weight excluding hydrogens is 318 g/mol. The number of aliphatic hydroxyl groups excluding tert-OH is 1. The molecule has 1 atom stereocenters. The van der Waals surface area contributed by atoms with Crippen molar-refractivity contribution in [2.75, 3.05) is 37.0 Å². The molecule has 0 unspecified atom stereocenters. The number of aliphatic hydroxyl groups is 1. The van der Waals surface area contributed by atoms with E-state index in [1.54, 1.807) is 6.07 Å². The van der Waals surface area contributed by atoms with Crippen LogP contribution in [-0.4, -0.2) is 61.7 Å². The molecule has 1 aliphatic heterocycles. The van der Waals surface area contributed by atoms with Gasteiger partial charge in [0.15, 0.2) is 9.84 Å². The molecule has 1 aromatic rings. The molecule has 0 saturated carbocycles. The molecule has 2 heterocycles. The van der Waals surface area contributed by atoms with Crippen molar-refractivity contribution in [3.8, 4) is 0 Å². The van der Waals surface area contributed by atoms with Crippen molar-refractivity contribution in [2.24, 2.45) is 0 Å². The van der Waals surface area contributed by atoms with Gasteiger partial charge in [-0.25, -0.2) is 18.4 Å². The summed E-state index contributed by atoms with van der Waals surface area (Å²) in [4.78, 5) is 10.1. The number of hydrogen-bond donors (Lipinski definition) is 1. The van der Waals surface area contributed by atoms with Crippen molar-refractivity contribution in [3.63, 3.8) is 0 Å². The summed E-state index contributed by atoms with van der Waals surface area (Å²) in [6.45, 7) is 3.42. The normalized spacial score (nSPS) is 19.8. The van der Waals surface area contributed by atoms with E-state index >= 15 is 0 Å². The molecule has 0 aromatic carbocycles. The van der Waals surface area contributed by atoms with Gasteiger partial charge in [-0.15, -0.1) is 0 Å². The van der Waals surface area contributed by atoms with Crippen LogP contribution in [0.3, 0.4) is 0 Å². The Morgan fingerprint density at radius 2 is 2.29 bits per heavy atom. The van der Waals surface area contributed by atoms with Crippen LogP contribution in [0.5, 0.6) is 0 Å². The van der Waals surface area contributed by atoms with Crippen LogP contribution < -0.4 is 4.90 Å². The second-order valence-corrected chi connectivity index (χ2v) is 7.44. The van der Waals surface area contributed by atoms with Gasteiger partial charge in [-0.3, -0.25) is 0 Å². The average Bonchev–Trinajstić information content (AvgIpc) is 2.37. The Kier molecular flexibility index (Phi) is 5.37. The maximum atomic E-state index is 11.8. The van der Waals surface area contributed by atoms with Gasteiger partial charge in [-0.1, -0.05) is 0 Å². The second kappa shape index (κ2) is 6.87. The molecule has 1 N–H and O–H groups in total. The fraction of sp³-hybridized carbons (Fsp3) is 0.667. The zero-order valence-electron chi connectivity index (χ0n) is 11.7. The maximum absolute atomic E-state index is 11.8. The van der Waals surface area contributed by atoms with Crippen LogP contribution in [0.4, 0.5) is 5.82 Å². The smallest absolute Gasteiger partial charge is 0.224 e. The number of halogens is 1. The van der Waals surface area contributed by atoms with E-state index in [0.717, 1.165) is 0 Å². The first kappa shape index (κ1) is 16.4. The standard InChI is InChI=1S/C12H18ClN3O4S/c1-9-7-20-4-2-16(9)11-6-10(14-12(13)15-11)8-21(18,19)5-3-17/h6,9,17H,2-5,7-8H2,1H3/t9-/m0/s1. The minimum absolute atomic E-state index is 0.0143. The maximum Gasteiger partial charge on any atom is 0.224 e. The predicted molar refractivity (Wildman–Crippen MR) is 79.2 cm³/mol. The van der Waals surface area contributed by atoms with E-state index in [2.05, 4.69) is 9.97 Å². The number of morpholine rings is 1. The molecule has 0 bridgehead atoms. The number of aromatic nitrogens is 2. The van der Waals surface area contributed by atoms with Gasteiger partial charge in [0.25, 0.3) is 0 Å². The highest BCUT2D eigenvalue weighted by atomic mass is 35.5. The van der Waals surface area contributed by atoms with E-state index in [1.165, 1.54) is 0 Å². The molecule has 9 heteroatoms. The Labute approximate surface area is 128 Å². The topological polar surface area (TPSA) is 92.6 Å². The predicted octanol–water partition coefficient (Wildman–Crippen LogP) is 0.262. The Balaban J connectivity index is 2.25. The summed E-state index contributed by atoms with van der Waals surface area (Å²) >= 11 is 5.90. The fourth-order valence-electron chi connectivity index (χ4n) is 2.18. The Morgan fingerprint density at radius 3 is 2.95 bits per heavy atom. The number of anilines is 1. The first-order valence-corrected chi connectivity index (χ1v) is 8.80. The SMILES string of the molecule is C[C@H]1COCCN1c1cc(CS(=O)(=O)CCO)nc(Cl)n1. The third-order valence-corrected chi connectivity index (χ3v) is 4.88. The van der Waals surface area contributed by atoms with Crippen LogP contribution >= 0.6 is 11.6 Å². The van der Waals surface area contributed by atoms with Gasteiger partial charge in [0.2, 0.25) is 5.28 Å². The number of rotatable bonds is 5. The van der Waals surface area contributed by atoms with Crippen LogP contribution in [0.1, 0.15) is 12.6 Å². The quantitative estimate of drug-likeness (QED) is 0.771. The molecular formula is C12H18ClN3O4S. The highest BCUT2D eigenvalue weighted by molar-refractivity contribution is 7.90. The molecule has 1 aromatic heterocycles. The first-order valence-electron chi connectivity index (χ1n) is 6.60. The lowest BCUT2D eigenvalue weighted by atomic mass is 10.2. The summed E-state index contributed by atoms with van der Waals surface area (Å²) in [5, 5.41) is 8.78. The van der Waals surface area contributed by atoms with Crippen molar-refractivity contribution >= 4 is 27.3 Å². The van der Waals surface area contributed by atoms with Gasteiger partial charge in [-0.05, 0) is 18.5 Å². The van der Waals surface area contributed by atoms with E-state index in [0.29, 0.717) is 31.3 Å². The molecule has 2 rings (SSSR count). The van der Waals surface area contributed by atoms with E-state index in [1.807, 2.05) is 11.8 Å². The molecule has 0 aliphatic carbocycles. The van der Waals surface area contributed by atoms with Crippen molar-refractivity contribution < 1.29 is 18.3 Å². The number of ether oxygens (including phenoxy) is 1. The lowest BCUT2D eigenvalue weighted by Crippen LogP contribution is -2.44. The molecule has 1 fully saturated rings. The van der Waals surface area contributed by atoms with Crippen molar-refractivity contribution in [1.82, 2.24) is 9.97 Å². The lowest BCUT2D eigenvalue weighted by Gasteiger charge is -2.34. The first-order chi connectivity index (χ1) is 9.91. The third-order valence-electron chi connectivity index (χ3n) is 3.17. The minimum Gasteiger partial charge on any atom is -0.395 e.